The van der Waals surface area contributed by atoms with E-state index in [2.05, 4.69) is 11.1 Å². The molecule has 5 rings (SSSR count). The van der Waals surface area contributed by atoms with E-state index in [-0.39, 0.29) is 11.5 Å². The minimum Gasteiger partial charge on any atom is -0.333 e. The molecule has 3 heterocycles. The van der Waals surface area contributed by atoms with Crippen LogP contribution in [0.5, 0.6) is 0 Å². The summed E-state index contributed by atoms with van der Waals surface area (Å²) in [6, 6.07) is 17.5. The van der Waals surface area contributed by atoms with Crippen LogP contribution >= 0.6 is 11.3 Å². The van der Waals surface area contributed by atoms with Gasteiger partial charge in [0, 0.05) is 17.0 Å². The van der Waals surface area contributed by atoms with Crippen molar-refractivity contribution in [1.29, 1.82) is 0 Å². The van der Waals surface area contributed by atoms with Crippen molar-refractivity contribution < 1.29 is 4.79 Å². The Morgan fingerprint density at radius 1 is 1.13 bits per heavy atom. The summed E-state index contributed by atoms with van der Waals surface area (Å²) in [6.07, 6.45) is 2.32. The Kier molecular flexibility index (Phi) is 4.71. The van der Waals surface area contributed by atoms with E-state index in [9.17, 15) is 9.59 Å². The van der Waals surface area contributed by atoms with Crippen LogP contribution in [-0.4, -0.2) is 26.9 Å². The lowest BCUT2D eigenvalue weighted by Crippen LogP contribution is -2.35. The summed E-state index contributed by atoms with van der Waals surface area (Å²) in [4.78, 5) is 34.3. The van der Waals surface area contributed by atoms with Gasteiger partial charge in [-0.3, -0.25) is 14.2 Å². The number of amides is 1. The van der Waals surface area contributed by atoms with Gasteiger partial charge in [0.15, 0.2) is 0 Å². The largest absolute Gasteiger partial charge is 0.333 e. The Balaban J connectivity index is 1.47. The van der Waals surface area contributed by atoms with Gasteiger partial charge >= 0.3 is 0 Å². The summed E-state index contributed by atoms with van der Waals surface area (Å²) in [6.45, 7) is 3.69. The Morgan fingerprint density at radius 3 is 2.77 bits per heavy atom. The van der Waals surface area contributed by atoms with Crippen molar-refractivity contribution in [2.45, 2.75) is 26.4 Å². The number of carbonyl (C=O) groups is 1. The molecule has 5 nitrogen and oxygen atoms in total. The predicted octanol–water partition coefficient (Wildman–Crippen LogP) is 4.01. The Labute approximate surface area is 178 Å². The molecule has 1 aliphatic heterocycles. The molecule has 1 amide bonds. The molecule has 0 saturated carbocycles. The average Bonchev–Trinajstić information content (AvgIpc) is 3.14. The van der Waals surface area contributed by atoms with Gasteiger partial charge in [-0.1, -0.05) is 48.0 Å². The monoisotopic (exact) mass is 415 g/mol. The van der Waals surface area contributed by atoms with Crippen LogP contribution in [0, 0.1) is 6.92 Å². The second-order valence-electron chi connectivity index (χ2n) is 7.69. The van der Waals surface area contributed by atoms with E-state index >= 15 is 0 Å². The lowest BCUT2D eigenvalue weighted by atomic mass is 10.0. The molecular weight excluding hydrogens is 394 g/mol. The molecule has 30 heavy (non-hydrogen) atoms. The number of aryl methyl sites for hydroxylation is 1. The zero-order chi connectivity index (χ0) is 20.7. The fraction of sp³-hybridized carbons (Fsp3) is 0.208. The highest BCUT2D eigenvalue weighted by Crippen LogP contribution is 2.32. The zero-order valence-corrected chi connectivity index (χ0v) is 17.5. The standard InChI is InChI=1S/C24H21N3O2S/c1-16-6-5-7-17(12-16)13-27-15-25-22-21(24(27)29)19-10-11-26(14-20(19)30-22)23(28)18-8-3-2-4-9-18/h2-9,12,15H,10-11,13-14H2,1H3. The molecule has 2 aromatic heterocycles. The SMILES string of the molecule is Cc1cccc(Cn2cnc3sc4c(c3c2=O)CCN(C(=O)c2ccccc2)C4)c1. The van der Waals surface area contributed by atoms with Gasteiger partial charge in [-0.05, 0) is 36.6 Å². The molecule has 4 aromatic rings. The molecule has 0 saturated heterocycles. The van der Waals surface area contributed by atoms with Crippen LogP contribution in [0.15, 0.2) is 65.7 Å². The summed E-state index contributed by atoms with van der Waals surface area (Å²) in [5, 5.41) is 0.719. The van der Waals surface area contributed by atoms with Crippen LogP contribution < -0.4 is 5.56 Å². The average molecular weight is 416 g/mol. The van der Waals surface area contributed by atoms with Gasteiger partial charge in [-0.25, -0.2) is 4.98 Å². The maximum Gasteiger partial charge on any atom is 0.262 e. The van der Waals surface area contributed by atoms with Crippen molar-refractivity contribution in [1.82, 2.24) is 14.5 Å². The van der Waals surface area contributed by atoms with E-state index < -0.39 is 0 Å². The molecule has 0 bridgehead atoms. The van der Waals surface area contributed by atoms with Gasteiger partial charge in [0.1, 0.15) is 4.83 Å². The van der Waals surface area contributed by atoms with E-state index in [0.29, 0.717) is 31.6 Å². The molecule has 0 unspecified atom stereocenters. The topological polar surface area (TPSA) is 55.2 Å². The normalized spacial score (nSPS) is 13.4. The number of hydrogen-bond acceptors (Lipinski definition) is 4. The number of benzene rings is 2. The van der Waals surface area contributed by atoms with Crippen LogP contribution in [0.2, 0.25) is 0 Å². The highest BCUT2D eigenvalue weighted by Gasteiger charge is 2.26. The van der Waals surface area contributed by atoms with Crippen LogP contribution in [0.1, 0.15) is 31.9 Å². The van der Waals surface area contributed by atoms with Crippen molar-refractivity contribution in [3.8, 4) is 0 Å². The van der Waals surface area contributed by atoms with Gasteiger partial charge in [-0.15, -0.1) is 11.3 Å². The molecule has 0 aliphatic carbocycles. The van der Waals surface area contributed by atoms with Crippen LogP contribution in [0.4, 0.5) is 0 Å². The van der Waals surface area contributed by atoms with Gasteiger partial charge in [0.05, 0.1) is 24.8 Å². The number of fused-ring (bicyclic) bond motifs is 3. The van der Waals surface area contributed by atoms with Crippen molar-refractivity contribution >= 4 is 27.5 Å². The van der Waals surface area contributed by atoms with Crippen molar-refractivity contribution in [2.24, 2.45) is 0 Å². The highest BCUT2D eigenvalue weighted by atomic mass is 32.1. The summed E-state index contributed by atoms with van der Waals surface area (Å²) in [7, 11) is 0. The van der Waals surface area contributed by atoms with Gasteiger partial charge < -0.3 is 4.90 Å². The van der Waals surface area contributed by atoms with E-state index in [4.69, 9.17) is 0 Å². The molecule has 150 valence electrons. The van der Waals surface area contributed by atoms with Crippen molar-refractivity contribution in [3.63, 3.8) is 0 Å². The fourth-order valence-electron chi connectivity index (χ4n) is 4.08. The Hall–Kier alpha value is -3.25. The molecule has 0 fully saturated rings. The van der Waals surface area contributed by atoms with Crippen LogP contribution in [0.25, 0.3) is 10.2 Å². The second-order valence-corrected chi connectivity index (χ2v) is 8.78. The maximum absolute atomic E-state index is 13.2. The number of carbonyl (C=O) groups excluding carboxylic acids is 1. The number of nitrogens with zero attached hydrogens (tertiary/aromatic N) is 3. The van der Waals surface area contributed by atoms with Crippen LogP contribution in [0.3, 0.4) is 0 Å². The third kappa shape index (κ3) is 3.33. The molecule has 2 aromatic carbocycles. The number of aromatic nitrogens is 2. The van der Waals surface area contributed by atoms with Crippen molar-refractivity contribution in [3.05, 3.63) is 98.4 Å². The molecule has 0 N–H and O–H groups in total. The second kappa shape index (κ2) is 7.54. The number of hydrogen-bond donors (Lipinski definition) is 0. The first-order valence-corrected chi connectivity index (χ1v) is 10.8. The molecule has 6 heteroatoms. The first-order valence-electron chi connectivity index (χ1n) is 10.00. The summed E-state index contributed by atoms with van der Waals surface area (Å²) >= 11 is 1.53. The smallest absolute Gasteiger partial charge is 0.262 e. The predicted molar refractivity (Wildman–Crippen MR) is 119 cm³/mol. The highest BCUT2D eigenvalue weighted by molar-refractivity contribution is 7.18. The number of thiophene rings is 1. The molecular formula is C24H21N3O2S. The minimum absolute atomic E-state index is 0.00171. The van der Waals surface area contributed by atoms with Crippen molar-refractivity contribution in [2.75, 3.05) is 6.54 Å². The van der Waals surface area contributed by atoms with Gasteiger partial charge in [0.25, 0.3) is 11.5 Å². The number of rotatable bonds is 3. The molecule has 1 aliphatic rings. The van der Waals surface area contributed by atoms with E-state index in [0.717, 1.165) is 26.2 Å². The third-order valence-corrected chi connectivity index (χ3v) is 6.70. The first-order chi connectivity index (χ1) is 14.6. The molecule has 0 spiro atoms. The first kappa shape index (κ1) is 18.8. The lowest BCUT2D eigenvalue weighted by molar-refractivity contribution is 0.0737. The van der Waals surface area contributed by atoms with E-state index in [1.54, 1.807) is 10.9 Å². The lowest BCUT2D eigenvalue weighted by Gasteiger charge is -2.27. The Bertz CT molecular complexity index is 1310. The van der Waals surface area contributed by atoms with E-state index in [1.165, 1.54) is 16.9 Å². The Morgan fingerprint density at radius 2 is 1.97 bits per heavy atom. The quantitative estimate of drug-likeness (QED) is 0.508. The maximum atomic E-state index is 13.2. The molecule has 0 radical (unpaired) electrons. The van der Waals surface area contributed by atoms with Crippen LogP contribution in [-0.2, 0) is 19.5 Å². The van der Waals surface area contributed by atoms with Gasteiger partial charge in [-0.2, -0.15) is 0 Å². The minimum atomic E-state index is 0.00171. The zero-order valence-electron chi connectivity index (χ0n) is 16.7. The van der Waals surface area contributed by atoms with Gasteiger partial charge in [0.2, 0.25) is 0 Å². The third-order valence-electron chi connectivity index (χ3n) is 5.57. The fourth-order valence-corrected chi connectivity index (χ4v) is 5.27. The van der Waals surface area contributed by atoms with E-state index in [1.807, 2.05) is 60.4 Å². The summed E-state index contributed by atoms with van der Waals surface area (Å²) in [5.74, 6) is 0.0310. The summed E-state index contributed by atoms with van der Waals surface area (Å²) < 4.78 is 1.69. The summed E-state index contributed by atoms with van der Waals surface area (Å²) in [5.41, 5.74) is 4.01. The molecule has 0 atom stereocenters.